The van der Waals surface area contributed by atoms with Crippen LogP contribution in [0.15, 0.2) is 212 Å². The van der Waals surface area contributed by atoms with Crippen molar-refractivity contribution in [3.8, 4) is 56.0 Å². The van der Waals surface area contributed by atoms with Gasteiger partial charge in [0.25, 0.3) is 0 Å². The number of nitrogens with zero attached hydrogens (tertiary/aromatic N) is 1. The fraction of sp³-hybridized carbons (Fsp3) is 0.108. The molecule has 1 atom stereocenters. The lowest BCUT2D eigenvalue weighted by Crippen LogP contribution is -2.32. The van der Waals surface area contributed by atoms with Gasteiger partial charge in [0.15, 0.2) is 0 Å². The molecule has 318 valence electrons. The highest BCUT2D eigenvalue weighted by Crippen LogP contribution is 2.64. The largest absolute Gasteiger partial charge is 0.456 e. The summed E-state index contributed by atoms with van der Waals surface area (Å²) in [4.78, 5) is 2.47. The van der Waals surface area contributed by atoms with Crippen LogP contribution in [0, 0.1) is 0 Å². The molecule has 1 unspecified atom stereocenters. The predicted molar refractivity (Wildman–Crippen MR) is 277 cm³/mol. The van der Waals surface area contributed by atoms with E-state index in [9.17, 15) is 0 Å². The van der Waals surface area contributed by atoms with E-state index in [1.165, 1.54) is 94.4 Å². The summed E-state index contributed by atoms with van der Waals surface area (Å²) in [5, 5.41) is 2.30. The van der Waals surface area contributed by atoms with Crippen molar-refractivity contribution in [3.63, 3.8) is 0 Å². The first kappa shape index (κ1) is 38.3. The van der Waals surface area contributed by atoms with Gasteiger partial charge in [-0.15, -0.1) is 0 Å². The lowest BCUT2D eigenvalue weighted by molar-refractivity contribution is 0.441. The molecule has 0 radical (unpaired) electrons. The van der Waals surface area contributed by atoms with E-state index in [1.807, 2.05) is 0 Å². The molecule has 0 N–H and O–H groups in total. The van der Waals surface area contributed by atoms with Crippen molar-refractivity contribution in [3.05, 3.63) is 257 Å². The maximum absolute atomic E-state index is 6.93. The molecule has 0 bridgehead atoms. The maximum Gasteiger partial charge on any atom is 0.140 e. The highest BCUT2D eigenvalue weighted by molar-refractivity contribution is 6.00. The molecule has 4 aliphatic rings. The van der Waals surface area contributed by atoms with Gasteiger partial charge in [0.05, 0.1) is 5.41 Å². The smallest absolute Gasteiger partial charge is 0.140 e. The van der Waals surface area contributed by atoms with Crippen molar-refractivity contribution in [2.24, 2.45) is 0 Å². The highest BCUT2D eigenvalue weighted by Gasteiger charge is 2.52. The van der Waals surface area contributed by atoms with E-state index in [0.717, 1.165) is 33.9 Å². The van der Waals surface area contributed by atoms with Crippen molar-refractivity contribution < 1.29 is 4.74 Å². The summed E-state index contributed by atoms with van der Waals surface area (Å²) in [5.74, 6) is 1.84. The molecule has 0 aromatic heterocycles. The average Bonchev–Trinajstić information content (AvgIpc) is 3.89. The van der Waals surface area contributed by atoms with Gasteiger partial charge in [-0.2, -0.15) is 0 Å². The van der Waals surface area contributed by atoms with E-state index in [0.29, 0.717) is 0 Å². The number of hydrogen-bond donors (Lipinski definition) is 0. The quantitative estimate of drug-likeness (QED) is 0.175. The van der Waals surface area contributed by atoms with E-state index in [4.69, 9.17) is 4.74 Å². The van der Waals surface area contributed by atoms with Crippen LogP contribution >= 0.6 is 0 Å². The predicted octanol–water partition coefficient (Wildman–Crippen LogP) is 17.1. The van der Waals surface area contributed by atoms with Gasteiger partial charge < -0.3 is 9.64 Å². The van der Waals surface area contributed by atoms with Crippen LogP contribution in [0.2, 0.25) is 0 Å². The van der Waals surface area contributed by atoms with E-state index in [1.54, 1.807) is 0 Å². The Morgan fingerprint density at radius 1 is 0.343 bits per heavy atom. The summed E-state index contributed by atoms with van der Waals surface area (Å²) in [6.45, 7) is 9.48. The van der Waals surface area contributed by atoms with E-state index in [2.05, 4.69) is 245 Å². The van der Waals surface area contributed by atoms with E-state index in [-0.39, 0.29) is 10.8 Å². The van der Waals surface area contributed by atoms with Crippen LogP contribution in [0.1, 0.15) is 72.2 Å². The van der Waals surface area contributed by atoms with Gasteiger partial charge in [-0.1, -0.05) is 198 Å². The standard InChI is InChI=1S/C65H47NO/c1-63(2)52-22-10-7-18-47(52)49-35-33-43(38-58(49)63)66(44-34-36-50-48-19-8-11-23-53(48)64(3,4)59(50)39-44)42-31-28-41(29-32-42)45-21-15-26-56-61(45)51-20-9-12-24-54(51)65(56)55-25-13-14-27-60(55)67-62-46-17-6-5-16-40(46)30-37-57(62)65/h5-39H,1-4H3. The third-order valence-corrected chi connectivity index (χ3v) is 15.9. The number of para-hydroxylation sites is 1. The molecule has 14 rings (SSSR count). The van der Waals surface area contributed by atoms with Gasteiger partial charge in [-0.25, -0.2) is 0 Å². The van der Waals surface area contributed by atoms with Gasteiger partial charge in [0, 0.05) is 44.4 Å². The van der Waals surface area contributed by atoms with Crippen LogP contribution in [0.25, 0.3) is 55.3 Å². The van der Waals surface area contributed by atoms with Crippen LogP contribution in [-0.2, 0) is 16.2 Å². The van der Waals surface area contributed by atoms with Crippen molar-refractivity contribution in [1.29, 1.82) is 0 Å². The zero-order valence-electron chi connectivity index (χ0n) is 38.1. The lowest BCUT2D eigenvalue weighted by atomic mass is 9.65. The van der Waals surface area contributed by atoms with Crippen molar-refractivity contribution in [2.75, 3.05) is 4.90 Å². The number of anilines is 3. The third-order valence-electron chi connectivity index (χ3n) is 15.9. The topological polar surface area (TPSA) is 12.5 Å². The SMILES string of the molecule is CC1(C)c2ccccc2-c2ccc(N(c3ccc(-c4cccc5c4-c4ccccc4C54c5ccccc5Oc5c4ccc4ccccc54)cc3)c3ccc4c(c3)C(C)(C)c3ccccc3-4)cc21. The van der Waals surface area contributed by atoms with Crippen LogP contribution in [-0.4, -0.2) is 0 Å². The van der Waals surface area contributed by atoms with Crippen molar-refractivity contribution >= 4 is 27.8 Å². The van der Waals surface area contributed by atoms with Crippen LogP contribution < -0.4 is 9.64 Å². The summed E-state index contributed by atoms with van der Waals surface area (Å²) in [7, 11) is 0. The first-order valence-electron chi connectivity index (χ1n) is 23.7. The molecule has 67 heavy (non-hydrogen) atoms. The molecule has 2 nitrogen and oxygen atoms in total. The molecule has 3 aliphatic carbocycles. The van der Waals surface area contributed by atoms with Crippen molar-refractivity contribution in [2.45, 2.75) is 43.9 Å². The summed E-state index contributed by atoms with van der Waals surface area (Å²) in [6, 6.07) is 79.3. The Labute approximate surface area is 392 Å². The van der Waals surface area contributed by atoms with Crippen LogP contribution in [0.3, 0.4) is 0 Å². The summed E-state index contributed by atoms with van der Waals surface area (Å²) >= 11 is 0. The van der Waals surface area contributed by atoms with Crippen molar-refractivity contribution in [1.82, 2.24) is 0 Å². The van der Waals surface area contributed by atoms with Gasteiger partial charge in [-0.3, -0.25) is 0 Å². The molecule has 0 fully saturated rings. The van der Waals surface area contributed by atoms with Crippen LogP contribution in [0.4, 0.5) is 17.1 Å². The monoisotopic (exact) mass is 857 g/mol. The molecule has 0 saturated carbocycles. The Hall–Kier alpha value is -7.94. The minimum Gasteiger partial charge on any atom is -0.456 e. The Balaban J connectivity index is 0.946. The zero-order chi connectivity index (χ0) is 44.8. The molecule has 1 spiro atoms. The molecule has 0 saturated heterocycles. The number of benzene rings is 10. The Morgan fingerprint density at radius 2 is 0.851 bits per heavy atom. The average molecular weight is 858 g/mol. The summed E-state index contributed by atoms with van der Waals surface area (Å²) in [5.41, 5.74) is 23.3. The third kappa shape index (κ3) is 5.05. The Bertz CT molecular complexity index is 3630. The van der Waals surface area contributed by atoms with Gasteiger partial charge >= 0.3 is 0 Å². The molecule has 10 aromatic rings. The highest BCUT2D eigenvalue weighted by atomic mass is 16.5. The van der Waals surface area contributed by atoms with Gasteiger partial charge in [0.2, 0.25) is 0 Å². The van der Waals surface area contributed by atoms with Crippen LogP contribution in [0.5, 0.6) is 11.5 Å². The van der Waals surface area contributed by atoms with Gasteiger partial charge in [0.1, 0.15) is 11.5 Å². The molecule has 1 aliphatic heterocycles. The molecular weight excluding hydrogens is 811 g/mol. The minimum atomic E-state index is -0.561. The molecule has 1 heterocycles. The second kappa shape index (κ2) is 13.6. The number of fused-ring (bicyclic) bond motifs is 17. The van der Waals surface area contributed by atoms with E-state index < -0.39 is 5.41 Å². The van der Waals surface area contributed by atoms with E-state index >= 15 is 0 Å². The number of ether oxygens (including phenoxy) is 1. The molecular formula is C65H47NO. The molecule has 0 amide bonds. The maximum atomic E-state index is 6.93. The first-order chi connectivity index (χ1) is 32.7. The number of rotatable bonds is 4. The first-order valence-corrected chi connectivity index (χ1v) is 23.7. The zero-order valence-corrected chi connectivity index (χ0v) is 38.1. The van der Waals surface area contributed by atoms with Gasteiger partial charge in [-0.05, 0) is 126 Å². The normalized spacial score (nSPS) is 16.8. The molecule has 10 aromatic carbocycles. The molecule has 2 heteroatoms. The Morgan fingerprint density at radius 3 is 1.52 bits per heavy atom. The fourth-order valence-corrected chi connectivity index (χ4v) is 12.8. The second-order valence-electron chi connectivity index (χ2n) is 20.0. The summed E-state index contributed by atoms with van der Waals surface area (Å²) < 4.78 is 6.93. The number of hydrogen-bond acceptors (Lipinski definition) is 2. The second-order valence-corrected chi connectivity index (χ2v) is 20.0. The lowest BCUT2D eigenvalue weighted by Gasteiger charge is -2.39. The summed E-state index contributed by atoms with van der Waals surface area (Å²) in [6.07, 6.45) is 0. The fourth-order valence-electron chi connectivity index (χ4n) is 12.8. The Kier molecular flexibility index (Phi) is 7.76. The minimum absolute atomic E-state index is 0.126.